The Bertz CT molecular complexity index is 235. The molecule has 1 saturated heterocycles. The second-order valence-electron chi connectivity index (χ2n) is 5.75. The topological polar surface area (TPSA) is 62.2 Å². The molecule has 1 aliphatic heterocycles. The van der Waals surface area contributed by atoms with Gasteiger partial charge in [-0.2, -0.15) is 0 Å². The van der Waals surface area contributed by atoms with E-state index >= 15 is 0 Å². The van der Waals surface area contributed by atoms with Gasteiger partial charge in [0.1, 0.15) is 0 Å². The summed E-state index contributed by atoms with van der Waals surface area (Å²) in [7, 11) is 1.63. The number of β-amino-alcohol motifs (C(OH)–C–C–N with tert-alkyl or cyclic N) is 1. The Morgan fingerprint density at radius 1 is 1.39 bits per heavy atom. The van der Waals surface area contributed by atoms with Crippen LogP contribution in [0.4, 0.5) is 0 Å². The summed E-state index contributed by atoms with van der Waals surface area (Å²) >= 11 is 0. The van der Waals surface area contributed by atoms with Gasteiger partial charge in [0.15, 0.2) is 0 Å². The summed E-state index contributed by atoms with van der Waals surface area (Å²) in [6, 6.07) is 0. The number of methoxy groups -OCH3 is 1. The van der Waals surface area contributed by atoms with Crippen LogP contribution in [0.25, 0.3) is 0 Å². The number of rotatable bonds is 7. The summed E-state index contributed by atoms with van der Waals surface area (Å²) in [5.41, 5.74) is -0.102. The highest BCUT2D eigenvalue weighted by Gasteiger charge is 2.34. The zero-order valence-electron chi connectivity index (χ0n) is 11.8. The van der Waals surface area contributed by atoms with E-state index in [1.54, 1.807) is 7.11 Å². The van der Waals surface area contributed by atoms with Crippen LogP contribution in [-0.4, -0.2) is 73.9 Å². The summed E-state index contributed by atoms with van der Waals surface area (Å²) in [6.07, 6.45) is 0.0429. The Morgan fingerprint density at radius 2 is 2.11 bits per heavy atom. The largest absolute Gasteiger partial charge is 0.392 e. The lowest BCUT2D eigenvalue weighted by Gasteiger charge is -2.42. The van der Waals surface area contributed by atoms with Crippen LogP contribution in [0.1, 0.15) is 20.3 Å². The van der Waals surface area contributed by atoms with Gasteiger partial charge in [0, 0.05) is 32.2 Å². The Hall–Kier alpha value is -0.200. The van der Waals surface area contributed by atoms with Gasteiger partial charge in [0.25, 0.3) is 0 Å². The first-order valence-corrected chi connectivity index (χ1v) is 6.61. The molecule has 5 heteroatoms. The average Bonchev–Trinajstić information content (AvgIpc) is 2.29. The monoisotopic (exact) mass is 261 g/mol. The third-order valence-corrected chi connectivity index (χ3v) is 3.46. The number of piperidine rings is 1. The predicted molar refractivity (Wildman–Crippen MR) is 69.5 cm³/mol. The lowest BCUT2D eigenvalue weighted by molar-refractivity contribution is -0.0491. The van der Waals surface area contributed by atoms with E-state index < -0.39 is 6.10 Å². The number of likely N-dealkylation sites (tertiary alicyclic amines) is 1. The third kappa shape index (κ3) is 5.20. The van der Waals surface area contributed by atoms with Crippen molar-refractivity contribution in [1.82, 2.24) is 4.90 Å². The van der Waals surface area contributed by atoms with Crippen LogP contribution < -0.4 is 0 Å². The molecular formula is C13H27NO4. The molecule has 0 aromatic rings. The Balaban J connectivity index is 2.22. The molecular weight excluding hydrogens is 234 g/mol. The number of hydrogen-bond donors (Lipinski definition) is 2. The molecule has 0 amide bonds. The van der Waals surface area contributed by atoms with Crippen LogP contribution in [-0.2, 0) is 9.47 Å². The molecule has 0 saturated carbocycles. The SMILES string of the molecule is COCCOCC(O)CN1CCC(O)C(C)(C)C1. The van der Waals surface area contributed by atoms with E-state index in [2.05, 4.69) is 18.7 Å². The molecule has 2 unspecified atom stereocenters. The first-order valence-electron chi connectivity index (χ1n) is 6.61. The normalized spacial score (nSPS) is 26.2. The highest BCUT2D eigenvalue weighted by atomic mass is 16.5. The molecule has 5 nitrogen and oxygen atoms in total. The van der Waals surface area contributed by atoms with E-state index in [-0.39, 0.29) is 11.5 Å². The second kappa shape index (κ2) is 7.40. The quantitative estimate of drug-likeness (QED) is 0.637. The average molecular weight is 261 g/mol. The summed E-state index contributed by atoms with van der Waals surface area (Å²) < 4.78 is 10.2. The molecule has 0 aliphatic carbocycles. The van der Waals surface area contributed by atoms with E-state index in [1.807, 2.05) is 0 Å². The van der Waals surface area contributed by atoms with E-state index in [9.17, 15) is 10.2 Å². The van der Waals surface area contributed by atoms with Gasteiger partial charge < -0.3 is 19.7 Å². The van der Waals surface area contributed by atoms with E-state index in [0.717, 1.165) is 19.5 Å². The van der Waals surface area contributed by atoms with Gasteiger partial charge in [-0.25, -0.2) is 0 Å². The van der Waals surface area contributed by atoms with Gasteiger partial charge in [-0.1, -0.05) is 13.8 Å². The minimum absolute atomic E-state index is 0.102. The zero-order valence-corrected chi connectivity index (χ0v) is 11.8. The number of ether oxygens (including phenoxy) is 2. The van der Waals surface area contributed by atoms with Crippen molar-refractivity contribution in [3.63, 3.8) is 0 Å². The van der Waals surface area contributed by atoms with Gasteiger partial charge in [-0.15, -0.1) is 0 Å². The molecule has 1 aliphatic rings. The van der Waals surface area contributed by atoms with Crippen molar-refractivity contribution in [2.75, 3.05) is 46.6 Å². The van der Waals surface area contributed by atoms with Crippen molar-refractivity contribution in [3.8, 4) is 0 Å². The highest BCUT2D eigenvalue weighted by molar-refractivity contribution is 4.87. The number of aliphatic hydroxyl groups is 2. The Morgan fingerprint density at radius 3 is 2.72 bits per heavy atom. The summed E-state index contributed by atoms with van der Waals surface area (Å²) in [4.78, 5) is 2.19. The van der Waals surface area contributed by atoms with Crippen LogP contribution in [0.3, 0.4) is 0 Å². The van der Waals surface area contributed by atoms with Gasteiger partial charge >= 0.3 is 0 Å². The van der Waals surface area contributed by atoms with E-state index in [0.29, 0.717) is 26.4 Å². The molecule has 18 heavy (non-hydrogen) atoms. The standard InChI is InChI=1S/C13H27NO4/c1-13(2)10-14(5-4-12(13)16)8-11(15)9-18-7-6-17-3/h11-12,15-16H,4-10H2,1-3H3. The van der Waals surface area contributed by atoms with Crippen molar-refractivity contribution >= 4 is 0 Å². The van der Waals surface area contributed by atoms with Gasteiger partial charge in [0.2, 0.25) is 0 Å². The van der Waals surface area contributed by atoms with Crippen molar-refractivity contribution in [2.45, 2.75) is 32.5 Å². The lowest BCUT2D eigenvalue weighted by atomic mass is 9.81. The third-order valence-electron chi connectivity index (χ3n) is 3.46. The van der Waals surface area contributed by atoms with Crippen LogP contribution in [0.5, 0.6) is 0 Å². The number of aliphatic hydroxyl groups excluding tert-OH is 2. The minimum Gasteiger partial charge on any atom is -0.392 e. The zero-order chi connectivity index (χ0) is 13.6. The highest BCUT2D eigenvalue weighted by Crippen LogP contribution is 2.28. The first-order chi connectivity index (χ1) is 8.45. The fourth-order valence-corrected chi connectivity index (χ4v) is 2.32. The Labute approximate surface area is 110 Å². The smallest absolute Gasteiger partial charge is 0.0900 e. The molecule has 0 aromatic heterocycles. The van der Waals surface area contributed by atoms with Crippen LogP contribution in [0.15, 0.2) is 0 Å². The van der Waals surface area contributed by atoms with E-state index in [4.69, 9.17) is 9.47 Å². The molecule has 0 aromatic carbocycles. The molecule has 1 heterocycles. The van der Waals surface area contributed by atoms with Gasteiger partial charge in [0.05, 0.1) is 32.0 Å². The van der Waals surface area contributed by atoms with Crippen LogP contribution in [0.2, 0.25) is 0 Å². The van der Waals surface area contributed by atoms with Crippen molar-refractivity contribution < 1.29 is 19.7 Å². The minimum atomic E-state index is -0.479. The number of hydrogen-bond acceptors (Lipinski definition) is 5. The number of nitrogens with zero attached hydrogens (tertiary/aromatic N) is 1. The van der Waals surface area contributed by atoms with Crippen LogP contribution >= 0.6 is 0 Å². The fraction of sp³-hybridized carbons (Fsp3) is 1.00. The molecule has 0 radical (unpaired) electrons. The summed E-state index contributed by atoms with van der Waals surface area (Å²) in [5.74, 6) is 0. The van der Waals surface area contributed by atoms with Crippen molar-refractivity contribution in [2.24, 2.45) is 5.41 Å². The first kappa shape index (κ1) is 15.9. The van der Waals surface area contributed by atoms with Gasteiger partial charge in [-0.3, -0.25) is 4.90 Å². The molecule has 2 N–H and O–H groups in total. The fourth-order valence-electron chi connectivity index (χ4n) is 2.32. The molecule has 0 bridgehead atoms. The lowest BCUT2D eigenvalue weighted by Crippen LogP contribution is -2.50. The maximum atomic E-state index is 9.87. The molecule has 1 rings (SSSR count). The molecule has 2 atom stereocenters. The predicted octanol–water partition coefficient (Wildman–Crippen LogP) is 0.103. The van der Waals surface area contributed by atoms with E-state index in [1.165, 1.54) is 0 Å². The summed E-state index contributed by atoms with van der Waals surface area (Å²) in [5, 5.41) is 19.7. The molecule has 1 fully saturated rings. The molecule has 0 spiro atoms. The van der Waals surface area contributed by atoms with Gasteiger partial charge in [-0.05, 0) is 6.42 Å². The van der Waals surface area contributed by atoms with Crippen LogP contribution in [0, 0.1) is 5.41 Å². The van der Waals surface area contributed by atoms with Crippen molar-refractivity contribution in [3.05, 3.63) is 0 Å². The second-order valence-corrected chi connectivity index (χ2v) is 5.75. The Kier molecular flexibility index (Phi) is 6.52. The molecule has 108 valence electrons. The van der Waals surface area contributed by atoms with Crippen molar-refractivity contribution in [1.29, 1.82) is 0 Å². The summed E-state index contributed by atoms with van der Waals surface area (Å²) in [6.45, 7) is 7.76. The maximum Gasteiger partial charge on any atom is 0.0900 e. The maximum absolute atomic E-state index is 9.87.